The summed E-state index contributed by atoms with van der Waals surface area (Å²) in [6, 6.07) is 15.1. The molecule has 0 radical (unpaired) electrons. The lowest BCUT2D eigenvalue weighted by atomic mass is 9.96. The number of hydrazine groups is 1. The summed E-state index contributed by atoms with van der Waals surface area (Å²) in [6.07, 6.45) is 0. The van der Waals surface area contributed by atoms with Crippen molar-refractivity contribution in [3.63, 3.8) is 0 Å². The van der Waals surface area contributed by atoms with Crippen molar-refractivity contribution in [2.75, 3.05) is 17.6 Å². The predicted molar refractivity (Wildman–Crippen MR) is 78.7 cm³/mol. The number of amides is 1. The minimum absolute atomic E-state index is 0.128. The van der Waals surface area contributed by atoms with Crippen molar-refractivity contribution in [1.82, 2.24) is 5.01 Å². The van der Waals surface area contributed by atoms with E-state index in [-0.39, 0.29) is 18.5 Å². The Balaban J connectivity index is 2.17. The van der Waals surface area contributed by atoms with Gasteiger partial charge >= 0.3 is 0 Å². The van der Waals surface area contributed by atoms with E-state index in [1.165, 1.54) is 5.01 Å². The minimum atomic E-state index is -0.200. The van der Waals surface area contributed by atoms with E-state index in [1.807, 2.05) is 42.5 Å². The third-order valence-corrected chi connectivity index (χ3v) is 3.42. The van der Waals surface area contributed by atoms with E-state index in [4.69, 9.17) is 11.6 Å². The van der Waals surface area contributed by atoms with Crippen LogP contribution in [0.25, 0.3) is 0 Å². The van der Waals surface area contributed by atoms with Gasteiger partial charge in [0.15, 0.2) is 0 Å². The molecule has 5 N–H and O–H groups in total. The molecule has 1 atom stereocenters. The number of hydrogen-bond acceptors (Lipinski definition) is 4. The number of carbonyl (C=O) groups is 1. The van der Waals surface area contributed by atoms with E-state index in [1.54, 1.807) is 6.07 Å². The van der Waals surface area contributed by atoms with Gasteiger partial charge in [-0.3, -0.25) is 10.6 Å². The Morgan fingerprint density at radius 1 is 1.15 bits per heavy atom. The van der Waals surface area contributed by atoms with E-state index < -0.39 is 0 Å². The Kier molecular flexibility index (Phi) is 3.14. The van der Waals surface area contributed by atoms with E-state index in [0.29, 0.717) is 5.69 Å². The fraction of sp³-hybridized carbons (Fsp3) is 0.133. The molecule has 0 fully saturated rings. The summed E-state index contributed by atoms with van der Waals surface area (Å²) in [5, 5.41) is 4.40. The maximum Gasteiger partial charge on any atom is 0.240 e. The van der Waals surface area contributed by atoms with Crippen LogP contribution in [0.2, 0.25) is 0 Å². The maximum atomic E-state index is 11.9. The van der Waals surface area contributed by atoms with Crippen molar-refractivity contribution in [1.29, 1.82) is 0 Å². The fourth-order valence-corrected chi connectivity index (χ4v) is 2.55. The Bertz CT molecular complexity index is 642. The first-order valence-electron chi connectivity index (χ1n) is 6.41. The highest BCUT2D eigenvalue weighted by Gasteiger charge is 2.28. The lowest BCUT2D eigenvalue weighted by molar-refractivity contribution is -0.117. The van der Waals surface area contributed by atoms with Crippen LogP contribution in [-0.4, -0.2) is 17.5 Å². The van der Waals surface area contributed by atoms with Crippen molar-refractivity contribution >= 4 is 17.3 Å². The third-order valence-electron chi connectivity index (χ3n) is 3.42. The van der Waals surface area contributed by atoms with Crippen molar-refractivity contribution in [2.24, 2.45) is 5.84 Å². The Labute approximate surface area is 117 Å². The van der Waals surface area contributed by atoms with E-state index in [9.17, 15) is 4.79 Å². The number of nitrogens with two attached hydrogens (primary N) is 2. The molecule has 5 heteroatoms. The van der Waals surface area contributed by atoms with Crippen LogP contribution in [0, 0.1) is 0 Å². The van der Waals surface area contributed by atoms with Crippen molar-refractivity contribution in [3.8, 4) is 0 Å². The molecule has 102 valence electrons. The van der Waals surface area contributed by atoms with E-state index in [0.717, 1.165) is 16.8 Å². The normalized spacial score (nSPS) is 19.1. The Morgan fingerprint density at radius 3 is 2.65 bits per heavy atom. The summed E-state index contributed by atoms with van der Waals surface area (Å²) < 4.78 is 0. The van der Waals surface area contributed by atoms with E-state index in [2.05, 4.69) is 5.32 Å². The molecule has 2 aromatic carbocycles. The van der Waals surface area contributed by atoms with Crippen LogP contribution in [0.15, 0.2) is 48.5 Å². The van der Waals surface area contributed by atoms with Crippen molar-refractivity contribution in [2.45, 2.75) is 6.04 Å². The Morgan fingerprint density at radius 2 is 1.90 bits per heavy atom. The zero-order chi connectivity index (χ0) is 14.1. The number of anilines is 2. The van der Waals surface area contributed by atoms with E-state index >= 15 is 0 Å². The van der Waals surface area contributed by atoms with Crippen molar-refractivity contribution < 1.29 is 4.79 Å². The molecule has 1 aliphatic heterocycles. The van der Waals surface area contributed by atoms with Gasteiger partial charge in [-0.05, 0) is 23.8 Å². The molecule has 5 nitrogen and oxygen atoms in total. The first-order valence-corrected chi connectivity index (χ1v) is 6.41. The van der Waals surface area contributed by atoms with Gasteiger partial charge < -0.3 is 11.1 Å². The van der Waals surface area contributed by atoms with Crippen molar-refractivity contribution in [3.05, 3.63) is 59.7 Å². The lowest BCUT2D eigenvalue weighted by Crippen LogP contribution is -2.39. The number of nitrogen functional groups attached to an aromatic ring is 1. The van der Waals surface area contributed by atoms with Crippen LogP contribution in [-0.2, 0) is 4.79 Å². The van der Waals surface area contributed by atoms with Gasteiger partial charge in [0, 0.05) is 16.9 Å². The predicted octanol–water partition coefficient (Wildman–Crippen LogP) is 1.49. The first-order chi connectivity index (χ1) is 9.65. The molecule has 0 spiro atoms. The highest BCUT2D eigenvalue weighted by molar-refractivity contribution is 5.94. The molecule has 20 heavy (non-hydrogen) atoms. The SMILES string of the molecule is Nc1ccc2c(c1)C(c1ccccc1)N(N)CC(=O)N2. The summed E-state index contributed by atoms with van der Waals surface area (Å²) in [6.45, 7) is 0.133. The maximum absolute atomic E-state index is 11.9. The van der Waals surface area contributed by atoms with Gasteiger partial charge in [-0.25, -0.2) is 5.01 Å². The summed E-state index contributed by atoms with van der Waals surface area (Å²) in [4.78, 5) is 11.9. The number of benzene rings is 2. The molecule has 1 aliphatic rings. The average Bonchev–Trinajstić information content (AvgIpc) is 2.54. The molecule has 1 unspecified atom stereocenters. The quantitative estimate of drug-likeness (QED) is 0.540. The molecular formula is C15H16N4O. The highest BCUT2D eigenvalue weighted by Crippen LogP contribution is 2.34. The zero-order valence-corrected chi connectivity index (χ0v) is 10.9. The molecule has 0 aliphatic carbocycles. The third kappa shape index (κ3) is 2.24. The van der Waals surface area contributed by atoms with Gasteiger partial charge in [-0.2, -0.15) is 0 Å². The molecule has 2 aromatic rings. The summed E-state index contributed by atoms with van der Waals surface area (Å²) >= 11 is 0. The first kappa shape index (κ1) is 12.7. The molecule has 0 aromatic heterocycles. The van der Waals surface area contributed by atoms with Crippen LogP contribution < -0.4 is 16.9 Å². The van der Waals surface area contributed by atoms with Crippen LogP contribution in [0.1, 0.15) is 17.2 Å². The zero-order valence-electron chi connectivity index (χ0n) is 10.9. The number of fused-ring (bicyclic) bond motifs is 1. The molecule has 3 rings (SSSR count). The molecule has 0 saturated carbocycles. The van der Waals surface area contributed by atoms with Gasteiger partial charge in [0.2, 0.25) is 5.91 Å². The Hall–Kier alpha value is -2.37. The fourth-order valence-electron chi connectivity index (χ4n) is 2.55. The number of nitrogens with zero attached hydrogens (tertiary/aromatic N) is 1. The summed E-state index contributed by atoms with van der Waals surface area (Å²) in [5.74, 6) is 5.97. The average molecular weight is 268 g/mol. The van der Waals surface area contributed by atoms with Gasteiger partial charge in [0.05, 0.1) is 12.6 Å². The number of carbonyl (C=O) groups excluding carboxylic acids is 1. The summed E-state index contributed by atoms with van der Waals surface area (Å²) in [7, 11) is 0. The van der Waals surface area contributed by atoms with Gasteiger partial charge in [0.1, 0.15) is 0 Å². The second-order valence-electron chi connectivity index (χ2n) is 4.88. The molecular weight excluding hydrogens is 252 g/mol. The molecule has 1 amide bonds. The molecule has 0 bridgehead atoms. The van der Waals surface area contributed by atoms with Gasteiger partial charge in [-0.1, -0.05) is 30.3 Å². The monoisotopic (exact) mass is 268 g/mol. The molecule has 0 saturated heterocycles. The number of nitrogens with one attached hydrogen (secondary N) is 1. The van der Waals surface area contributed by atoms with Gasteiger partial charge in [-0.15, -0.1) is 0 Å². The second kappa shape index (κ2) is 4.96. The van der Waals surface area contributed by atoms with Gasteiger partial charge in [0.25, 0.3) is 0 Å². The van der Waals surface area contributed by atoms with Crippen LogP contribution in [0.3, 0.4) is 0 Å². The lowest BCUT2D eigenvalue weighted by Gasteiger charge is -2.26. The van der Waals surface area contributed by atoms with Crippen LogP contribution >= 0.6 is 0 Å². The van der Waals surface area contributed by atoms with Crippen LogP contribution in [0.4, 0.5) is 11.4 Å². The second-order valence-corrected chi connectivity index (χ2v) is 4.88. The standard InChI is InChI=1S/C15H16N4O/c16-11-6-7-13-12(8-11)15(10-4-2-1-3-5-10)19(17)9-14(20)18-13/h1-8,15H,9,16-17H2,(H,18,20). The highest BCUT2D eigenvalue weighted by atomic mass is 16.2. The smallest absolute Gasteiger partial charge is 0.240 e. The minimum Gasteiger partial charge on any atom is -0.399 e. The number of rotatable bonds is 1. The summed E-state index contributed by atoms with van der Waals surface area (Å²) in [5.41, 5.74) is 9.22. The molecule has 1 heterocycles. The topological polar surface area (TPSA) is 84.4 Å². The number of hydrogen-bond donors (Lipinski definition) is 3. The largest absolute Gasteiger partial charge is 0.399 e. The van der Waals surface area contributed by atoms with Crippen LogP contribution in [0.5, 0.6) is 0 Å².